The van der Waals surface area contributed by atoms with Gasteiger partial charge in [-0.2, -0.15) is 0 Å². The van der Waals surface area contributed by atoms with Crippen LogP contribution in [-0.4, -0.2) is 44.8 Å². The minimum atomic E-state index is 0. The molecule has 2 aromatic rings. The number of aryl methyl sites for hydroxylation is 1. The molecule has 156 valence electrons. The van der Waals surface area contributed by atoms with Crippen molar-refractivity contribution in [2.45, 2.75) is 45.4 Å². The quantitative estimate of drug-likeness (QED) is 0.287. The summed E-state index contributed by atoms with van der Waals surface area (Å²) in [7, 11) is 3.64. The third kappa shape index (κ3) is 5.63. The van der Waals surface area contributed by atoms with E-state index in [0.717, 1.165) is 38.5 Å². The summed E-state index contributed by atoms with van der Waals surface area (Å²) in [6.45, 7) is 4.83. The Kier molecular flexibility index (Phi) is 9.08. The zero-order valence-corrected chi connectivity index (χ0v) is 19.8. The minimum absolute atomic E-state index is 0. The molecule has 1 aromatic heterocycles. The van der Waals surface area contributed by atoms with E-state index >= 15 is 0 Å². The highest BCUT2D eigenvalue weighted by Crippen LogP contribution is 2.40. The molecule has 6 heteroatoms. The van der Waals surface area contributed by atoms with Gasteiger partial charge in [0.05, 0.1) is 0 Å². The molecule has 5 nitrogen and oxygen atoms in total. The van der Waals surface area contributed by atoms with Gasteiger partial charge in [-0.05, 0) is 49.1 Å². The van der Waals surface area contributed by atoms with E-state index in [1.165, 1.54) is 47.7 Å². The highest BCUT2D eigenvalue weighted by Gasteiger charge is 2.33. The van der Waals surface area contributed by atoms with E-state index in [1.807, 2.05) is 7.05 Å². The third-order valence-electron chi connectivity index (χ3n) is 6.05. The molecule has 1 heterocycles. The zero-order chi connectivity index (χ0) is 19.1. The van der Waals surface area contributed by atoms with Gasteiger partial charge < -0.3 is 20.4 Å². The lowest BCUT2D eigenvalue weighted by molar-refractivity contribution is 0.138. The number of nitrogens with one attached hydrogen (secondary N) is 3. The van der Waals surface area contributed by atoms with Gasteiger partial charge in [-0.1, -0.05) is 31.0 Å². The van der Waals surface area contributed by atoms with Gasteiger partial charge in [0.1, 0.15) is 0 Å². The van der Waals surface area contributed by atoms with Crippen molar-refractivity contribution in [1.29, 1.82) is 0 Å². The van der Waals surface area contributed by atoms with E-state index in [1.54, 1.807) is 7.11 Å². The summed E-state index contributed by atoms with van der Waals surface area (Å²) < 4.78 is 5.34. The summed E-state index contributed by atoms with van der Waals surface area (Å²) >= 11 is 0. The molecule has 1 saturated carbocycles. The molecule has 1 aromatic carbocycles. The normalized spacial score (nSPS) is 16.2. The largest absolute Gasteiger partial charge is 0.385 e. The predicted molar refractivity (Wildman–Crippen MR) is 129 cm³/mol. The van der Waals surface area contributed by atoms with Gasteiger partial charge in [-0.3, -0.25) is 4.99 Å². The summed E-state index contributed by atoms with van der Waals surface area (Å²) in [6, 6.07) is 6.47. The fourth-order valence-electron chi connectivity index (χ4n) is 4.34. The van der Waals surface area contributed by atoms with E-state index in [2.05, 4.69) is 51.9 Å². The van der Waals surface area contributed by atoms with E-state index in [0.29, 0.717) is 5.41 Å². The average molecular weight is 498 g/mol. The van der Waals surface area contributed by atoms with Gasteiger partial charge in [0.25, 0.3) is 0 Å². The summed E-state index contributed by atoms with van der Waals surface area (Å²) in [5.41, 5.74) is 4.25. The number of ether oxygens (including phenoxy) is 1. The van der Waals surface area contributed by atoms with Crippen molar-refractivity contribution in [1.82, 2.24) is 15.6 Å². The van der Waals surface area contributed by atoms with Crippen LogP contribution in [0.4, 0.5) is 0 Å². The number of rotatable bonds is 8. The first-order chi connectivity index (χ1) is 13.2. The minimum Gasteiger partial charge on any atom is -0.385 e. The molecule has 0 atom stereocenters. The Balaban J connectivity index is 0.00000280. The number of aromatic amines is 1. The molecule has 28 heavy (non-hydrogen) atoms. The Morgan fingerprint density at radius 2 is 2.04 bits per heavy atom. The second-order valence-corrected chi connectivity index (χ2v) is 7.86. The van der Waals surface area contributed by atoms with E-state index in [4.69, 9.17) is 4.74 Å². The lowest BCUT2D eigenvalue weighted by atomic mass is 9.83. The summed E-state index contributed by atoms with van der Waals surface area (Å²) in [6.07, 6.45) is 9.47. The van der Waals surface area contributed by atoms with Gasteiger partial charge in [0.2, 0.25) is 0 Å². The van der Waals surface area contributed by atoms with Crippen molar-refractivity contribution < 1.29 is 4.74 Å². The first-order valence-corrected chi connectivity index (χ1v) is 10.2. The molecule has 0 saturated heterocycles. The Morgan fingerprint density at radius 1 is 1.25 bits per heavy atom. The third-order valence-corrected chi connectivity index (χ3v) is 6.05. The van der Waals surface area contributed by atoms with Gasteiger partial charge in [-0.25, -0.2) is 0 Å². The molecule has 0 aliphatic heterocycles. The smallest absolute Gasteiger partial charge is 0.191 e. The Hall–Kier alpha value is -1.28. The van der Waals surface area contributed by atoms with E-state index in [-0.39, 0.29) is 24.0 Å². The molecule has 0 amide bonds. The summed E-state index contributed by atoms with van der Waals surface area (Å²) in [5.74, 6) is 0.898. The molecule has 0 spiro atoms. The van der Waals surface area contributed by atoms with E-state index < -0.39 is 0 Å². The van der Waals surface area contributed by atoms with Gasteiger partial charge in [-0.15, -0.1) is 24.0 Å². The number of nitrogens with zero attached hydrogens (tertiary/aromatic N) is 1. The number of para-hydroxylation sites is 1. The fraction of sp³-hybridized carbons (Fsp3) is 0.591. The molecule has 3 N–H and O–H groups in total. The highest BCUT2D eigenvalue weighted by molar-refractivity contribution is 14.0. The van der Waals surface area contributed by atoms with Crippen molar-refractivity contribution in [3.63, 3.8) is 0 Å². The second-order valence-electron chi connectivity index (χ2n) is 7.86. The molecular formula is C22H35IN4O. The van der Waals surface area contributed by atoms with Crippen LogP contribution in [0, 0.1) is 12.3 Å². The fourth-order valence-corrected chi connectivity index (χ4v) is 4.34. The van der Waals surface area contributed by atoms with Crippen molar-refractivity contribution in [3.8, 4) is 0 Å². The molecule has 0 radical (unpaired) electrons. The van der Waals surface area contributed by atoms with Crippen LogP contribution in [0.25, 0.3) is 10.9 Å². The number of aliphatic imine (C=N–C) groups is 1. The molecule has 0 bridgehead atoms. The average Bonchev–Trinajstić information content (AvgIpc) is 3.31. The number of H-pyrrole nitrogens is 1. The van der Waals surface area contributed by atoms with Crippen LogP contribution >= 0.6 is 24.0 Å². The molecule has 1 aliphatic carbocycles. The lowest BCUT2D eigenvalue weighted by Crippen LogP contribution is -2.43. The van der Waals surface area contributed by atoms with Crippen molar-refractivity contribution in [2.75, 3.05) is 33.9 Å². The molecule has 1 aliphatic rings. The van der Waals surface area contributed by atoms with Crippen molar-refractivity contribution >= 4 is 40.8 Å². The topological polar surface area (TPSA) is 61.4 Å². The number of methoxy groups -OCH3 is 1. The summed E-state index contributed by atoms with van der Waals surface area (Å²) in [4.78, 5) is 7.82. The van der Waals surface area contributed by atoms with Crippen LogP contribution in [0.2, 0.25) is 0 Å². The van der Waals surface area contributed by atoms with Crippen LogP contribution in [-0.2, 0) is 11.2 Å². The number of benzene rings is 1. The monoisotopic (exact) mass is 498 g/mol. The van der Waals surface area contributed by atoms with Crippen molar-refractivity contribution in [2.24, 2.45) is 10.4 Å². The first-order valence-electron chi connectivity index (χ1n) is 10.2. The lowest BCUT2D eigenvalue weighted by Gasteiger charge is -2.30. The Bertz CT molecular complexity index is 765. The Morgan fingerprint density at radius 3 is 2.75 bits per heavy atom. The van der Waals surface area contributed by atoms with Crippen LogP contribution < -0.4 is 10.6 Å². The molecule has 0 unspecified atom stereocenters. The second kappa shape index (κ2) is 11.0. The molecular weight excluding hydrogens is 463 g/mol. The van der Waals surface area contributed by atoms with Crippen LogP contribution in [0.3, 0.4) is 0 Å². The van der Waals surface area contributed by atoms with E-state index in [9.17, 15) is 0 Å². The van der Waals surface area contributed by atoms with Gasteiger partial charge in [0.15, 0.2) is 5.96 Å². The van der Waals surface area contributed by atoms with Crippen LogP contribution in [0.15, 0.2) is 29.4 Å². The Labute approximate surface area is 186 Å². The van der Waals surface area contributed by atoms with Crippen molar-refractivity contribution in [3.05, 3.63) is 35.5 Å². The van der Waals surface area contributed by atoms with Gasteiger partial charge in [0, 0.05) is 51.0 Å². The van der Waals surface area contributed by atoms with Crippen LogP contribution in [0.5, 0.6) is 0 Å². The SMILES string of the molecule is CN=C(NCCc1c[nH]c2c(C)cccc12)NCC1(CCOC)CCCC1.I. The predicted octanol–water partition coefficient (Wildman–Crippen LogP) is 4.40. The number of guanidine groups is 1. The highest BCUT2D eigenvalue weighted by atomic mass is 127. The number of hydrogen-bond donors (Lipinski definition) is 3. The maximum atomic E-state index is 5.34. The standard InChI is InChI=1S/C22H34N4O.HI/c1-17-7-6-8-19-18(15-25-20(17)19)9-13-24-21(23-2)26-16-22(12-14-27-3)10-4-5-11-22;/h6-8,15,25H,4-5,9-14,16H2,1-3H3,(H2,23,24,26);1H. The van der Waals surface area contributed by atoms with Crippen LogP contribution in [0.1, 0.15) is 43.2 Å². The zero-order valence-electron chi connectivity index (χ0n) is 17.4. The number of fused-ring (bicyclic) bond motifs is 1. The maximum Gasteiger partial charge on any atom is 0.191 e. The molecule has 3 rings (SSSR count). The number of aromatic nitrogens is 1. The molecule has 1 fully saturated rings. The maximum absolute atomic E-state index is 5.34. The number of hydrogen-bond acceptors (Lipinski definition) is 2. The summed E-state index contributed by atoms with van der Waals surface area (Å²) in [5, 5.41) is 8.36. The number of halogens is 1. The first kappa shape index (κ1) is 23.0. The van der Waals surface area contributed by atoms with Gasteiger partial charge >= 0.3 is 0 Å².